The fourth-order valence-corrected chi connectivity index (χ4v) is 3.15. The molecule has 0 bridgehead atoms. The maximum atomic E-state index is 9.73. The van der Waals surface area contributed by atoms with Gasteiger partial charge >= 0.3 is 0 Å². The van der Waals surface area contributed by atoms with Crippen molar-refractivity contribution < 1.29 is 10.2 Å². The van der Waals surface area contributed by atoms with E-state index in [0.717, 1.165) is 24.8 Å². The average molecular weight is 283 g/mol. The van der Waals surface area contributed by atoms with Crippen LogP contribution in [0.15, 0.2) is 42.5 Å². The second kappa shape index (κ2) is 5.78. The van der Waals surface area contributed by atoms with Gasteiger partial charge in [0.05, 0.1) is 0 Å². The van der Waals surface area contributed by atoms with Crippen LogP contribution in [0, 0.1) is 0 Å². The van der Waals surface area contributed by atoms with Gasteiger partial charge < -0.3 is 15.5 Å². The molecule has 2 atom stereocenters. The molecule has 3 rings (SSSR count). The Bertz CT molecular complexity index is 639. The zero-order valence-corrected chi connectivity index (χ0v) is 12.2. The van der Waals surface area contributed by atoms with Gasteiger partial charge in [-0.3, -0.25) is 0 Å². The van der Waals surface area contributed by atoms with E-state index in [9.17, 15) is 10.2 Å². The first-order valence-electron chi connectivity index (χ1n) is 7.50. The zero-order chi connectivity index (χ0) is 14.8. The first-order chi connectivity index (χ1) is 10.1. The van der Waals surface area contributed by atoms with Gasteiger partial charge in [0, 0.05) is 12.1 Å². The van der Waals surface area contributed by atoms with Crippen molar-refractivity contribution in [2.75, 3.05) is 0 Å². The molecule has 2 aromatic carbocycles. The van der Waals surface area contributed by atoms with Gasteiger partial charge in [0.25, 0.3) is 0 Å². The highest BCUT2D eigenvalue weighted by molar-refractivity contribution is 5.39. The molecule has 0 spiro atoms. The molecule has 3 nitrogen and oxygen atoms in total. The molecular formula is C18H21NO2. The van der Waals surface area contributed by atoms with Crippen LogP contribution in [-0.4, -0.2) is 10.2 Å². The Morgan fingerprint density at radius 3 is 2.71 bits per heavy atom. The van der Waals surface area contributed by atoms with Crippen molar-refractivity contribution in [2.45, 2.75) is 38.3 Å². The number of hydrogen-bond acceptors (Lipinski definition) is 3. The summed E-state index contributed by atoms with van der Waals surface area (Å²) >= 11 is 0. The van der Waals surface area contributed by atoms with Crippen LogP contribution in [0.3, 0.4) is 0 Å². The smallest absolute Gasteiger partial charge is 0.115 e. The summed E-state index contributed by atoms with van der Waals surface area (Å²) in [6, 6.07) is 13.4. The van der Waals surface area contributed by atoms with Gasteiger partial charge in [0.15, 0.2) is 0 Å². The summed E-state index contributed by atoms with van der Waals surface area (Å²) < 4.78 is 0. The van der Waals surface area contributed by atoms with E-state index in [1.165, 1.54) is 11.1 Å². The van der Waals surface area contributed by atoms with E-state index < -0.39 is 0 Å². The van der Waals surface area contributed by atoms with Gasteiger partial charge in [0.1, 0.15) is 11.5 Å². The predicted molar refractivity (Wildman–Crippen MR) is 83.4 cm³/mol. The molecule has 0 heterocycles. The number of benzene rings is 2. The summed E-state index contributed by atoms with van der Waals surface area (Å²) in [7, 11) is 0. The summed E-state index contributed by atoms with van der Waals surface area (Å²) in [5.41, 5.74) is 3.59. The van der Waals surface area contributed by atoms with Crippen LogP contribution in [0.5, 0.6) is 11.5 Å². The van der Waals surface area contributed by atoms with Crippen molar-refractivity contribution in [1.29, 1.82) is 0 Å². The largest absolute Gasteiger partial charge is 0.508 e. The minimum atomic E-state index is 0.149. The third-order valence-corrected chi connectivity index (χ3v) is 4.27. The van der Waals surface area contributed by atoms with E-state index >= 15 is 0 Å². The van der Waals surface area contributed by atoms with E-state index in [-0.39, 0.29) is 12.1 Å². The molecule has 0 amide bonds. The van der Waals surface area contributed by atoms with Crippen molar-refractivity contribution in [3.8, 4) is 11.5 Å². The van der Waals surface area contributed by atoms with E-state index in [4.69, 9.17) is 0 Å². The number of nitrogens with one attached hydrogen (secondary N) is 1. The average Bonchev–Trinajstić information content (AvgIpc) is 2.48. The first-order valence-corrected chi connectivity index (χ1v) is 7.50. The van der Waals surface area contributed by atoms with E-state index in [0.29, 0.717) is 11.5 Å². The number of rotatable bonds is 3. The van der Waals surface area contributed by atoms with Gasteiger partial charge in [-0.1, -0.05) is 18.2 Å². The number of phenols is 2. The molecule has 3 N–H and O–H groups in total. The van der Waals surface area contributed by atoms with Crippen molar-refractivity contribution in [3.05, 3.63) is 59.2 Å². The summed E-state index contributed by atoms with van der Waals surface area (Å²) in [4.78, 5) is 0. The fourth-order valence-electron chi connectivity index (χ4n) is 3.15. The summed E-state index contributed by atoms with van der Waals surface area (Å²) in [6.07, 6.45) is 3.30. The number of aromatic hydroxyl groups is 2. The zero-order valence-electron chi connectivity index (χ0n) is 12.2. The molecule has 21 heavy (non-hydrogen) atoms. The summed E-state index contributed by atoms with van der Waals surface area (Å²) in [5.74, 6) is 0.621. The normalized spacial score (nSPS) is 19.0. The molecular weight excluding hydrogens is 262 g/mol. The quantitative estimate of drug-likeness (QED) is 0.802. The fraction of sp³-hybridized carbons (Fsp3) is 0.333. The predicted octanol–water partition coefficient (Wildman–Crippen LogP) is 3.83. The van der Waals surface area contributed by atoms with E-state index in [2.05, 4.69) is 12.2 Å². The maximum absolute atomic E-state index is 9.73. The second-order valence-corrected chi connectivity index (χ2v) is 5.81. The van der Waals surface area contributed by atoms with Crippen molar-refractivity contribution in [3.63, 3.8) is 0 Å². The number of fused-ring (bicyclic) bond motifs is 1. The molecule has 0 radical (unpaired) electrons. The summed E-state index contributed by atoms with van der Waals surface area (Å²) in [5, 5.41) is 23.0. The maximum Gasteiger partial charge on any atom is 0.115 e. The van der Waals surface area contributed by atoms with Gasteiger partial charge in [0.2, 0.25) is 0 Å². The Kier molecular flexibility index (Phi) is 3.84. The molecule has 1 aliphatic carbocycles. The molecule has 110 valence electrons. The lowest BCUT2D eigenvalue weighted by Crippen LogP contribution is -2.27. The standard InChI is InChI=1S/C18H21NO2/c1-12(14-5-2-6-15(20)10-14)19-18-7-3-4-13-8-9-16(21)11-17(13)18/h2,5-6,8-12,18-21H,3-4,7H2,1H3. The Morgan fingerprint density at radius 2 is 1.90 bits per heavy atom. The van der Waals surface area contributed by atoms with Crippen LogP contribution in [0.2, 0.25) is 0 Å². The van der Waals surface area contributed by atoms with Crippen molar-refractivity contribution in [1.82, 2.24) is 5.32 Å². The number of phenolic OH excluding ortho intramolecular Hbond substituents is 2. The molecule has 0 aromatic heterocycles. The SMILES string of the molecule is CC(NC1CCCc2ccc(O)cc21)c1cccc(O)c1. The molecule has 0 saturated carbocycles. The van der Waals surface area contributed by atoms with Gasteiger partial charge in [-0.05, 0) is 67.1 Å². The van der Waals surface area contributed by atoms with Crippen LogP contribution in [0.4, 0.5) is 0 Å². The molecule has 2 aromatic rings. The highest BCUT2D eigenvalue weighted by Crippen LogP contribution is 2.34. The minimum Gasteiger partial charge on any atom is -0.508 e. The Hall–Kier alpha value is -2.00. The topological polar surface area (TPSA) is 52.5 Å². The monoisotopic (exact) mass is 283 g/mol. The molecule has 3 heteroatoms. The summed E-state index contributed by atoms with van der Waals surface area (Å²) in [6.45, 7) is 2.10. The molecule has 0 saturated heterocycles. The first kappa shape index (κ1) is 14.0. The Morgan fingerprint density at radius 1 is 1.10 bits per heavy atom. The van der Waals surface area contributed by atoms with Gasteiger partial charge in [-0.15, -0.1) is 0 Å². The lowest BCUT2D eigenvalue weighted by Gasteiger charge is -2.29. The highest BCUT2D eigenvalue weighted by Gasteiger charge is 2.22. The third-order valence-electron chi connectivity index (χ3n) is 4.27. The van der Waals surface area contributed by atoms with E-state index in [1.54, 1.807) is 18.2 Å². The van der Waals surface area contributed by atoms with Crippen molar-refractivity contribution in [2.24, 2.45) is 0 Å². The van der Waals surface area contributed by atoms with Crippen LogP contribution in [-0.2, 0) is 6.42 Å². The van der Waals surface area contributed by atoms with Gasteiger partial charge in [-0.2, -0.15) is 0 Å². The lowest BCUT2D eigenvalue weighted by atomic mass is 9.87. The van der Waals surface area contributed by atoms with Crippen molar-refractivity contribution >= 4 is 0 Å². The van der Waals surface area contributed by atoms with Crippen LogP contribution < -0.4 is 5.32 Å². The lowest BCUT2D eigenvalue weighted by molar-refractivity contribution is 0.409. The highest BCUT2D eigenvalue weighted by atomic mass is 16.3. The van der Waals surface area contributed by atoms with Crippen LogP contribution >= 0.6 is 0 Å². The molecule has 1 aliphatic rings. The van der Waals surface area contributed by atoms with Gasteiger partial charge in [-0.25, -0.2) is 0 Å². The Labute approximate surface area is 125 Å². The molecule has 0 fully saturated rings. The van der Waals surface area contributed by atoms with E-state index in [1.807, 2.05) is 24.3 Å². The Balaban J connectivity index is 1.81. The second-order valence-electron chi connectivity index (χ2n) is 5.81. The van der Waals surface area contributed by atoms with Crippen LogP contribution in [0.1, 0.15) is 48.5 Å². The minimum absolute atomic E-state index is 0.149. The van der Waals surface area contributed by atoms with Crippen LogP contribution in [0.25, 0.3) is 0 Å². The molecule has 2 unspecified atom stereocenters. The third kappa shape index (κ3) is 3.03. The number of hydrogen-bond donors (Lipinski definition) is 3. The number of aryl methyl sites for hydroxylation is 1. The molecule has 0 aliphatic heterocycles.